The van der Waals surface area contributed by atoms with E-state index in [0.717, 1.165) is 6.07 Å². The maximum atomic E-state index is 12.5. The van der Waals surface area contributed by atoms with Gasteiger partial charge in [0.15, 0.2) is 5.71 Å². The number of hydrogen-bond acceptors (Lipinski definition) is 12. The van der Waals surface area contributed by atoms with Crippen molar-refractivity contribution in [3.05, 3.63) is 83.1 Å². The molecule has 0 saturated heterocycles. The monoisotopic (exact) mass is 883 g/mol. The predicted octanol–water partition coefficient (Wildman–Crippen LogP) is 2.47. The van der Waals surface area contributed by atoms with Gasteiger partial charge in [0.25, 0.3) is 50.6 Å². The van der Waals surface area contributed by atoms with Gasteiger partial charge in [-0.25, -0.2) is 4.79 Å². The fourth-order valence-corrected chi connectivity index (χ4v) is 10.5. The predicted molar refractivity (Wildman–Crippen MR) is 202 cm³/mol. The molecule has 19 nitrogen and oxygen atoms in total. The van der Waals surface area contributed by atoms with Crippen LogP contribution in [0, 0.1) is 0 Å². The van der Waals surface area contributed by atoms with E-state index < -0.39 is 94.4 Å². The maximum Gasteiger partial charge on any atom is 0.335 e. The second kappa shape index (κ2) is 15.5. The minimum absolute atomic E-state index is 0.101. The molecule has 0 bridgehead atoms. The second-order valence-electron chi connectivity index (χ2n) is 13.7. The summed E-state index contributed by atoms with van der Waals surface area (Å²) in [7, 11) is -23.8. The van der Waals surface area contributed by atoms with Crippen LogP contribution in [0.3, 0.4) is 0 Å². The largest absolute Gasteiger partial charge is 0.478 e. The Kier molecular flexibility index (Phi) is 12.4. The van der Waals surface area contributed by atoms with Crippen LogP contribution in [0.2, 0.25) is 0 Å². The first-order valence-electron chi connectivity index (χ1n) is 16.2. The second-order valence-corrected chi connectivity index (χ2v) is 21.2. The molecule has 2 aromatic rings. The molecule has 0 amide bonds. The molecule has 0 aliphatic carbocycles. The number of allylic oxidation sites excluding steroid dienone is 6. The Morgan fingerprint density at radius 3 is 1.91 bits per heavy atom. The zero-order valence-corrected chi connectivity index (χ0v) is 33.9. The lowest BCUT2D eigenvalue weighted by Gasteiger charge is -2.29. The zero-order valence-electron chi connectivity index (χ0n) is 29.8. The third-order valence-electron chi connectivity index (χ3n) is 9.23. The molecule has 2 aromatic carbocycles. The van der Waals surface area contributed by atoms with Gasteiger partial charge in [-0.15, -0.1) is 0 Å². The van der Waals surface area contributed by atoms with E-state index in [1.165, 1.54) is 78.8 Å². The van der Waals surface area contributed by atoms with Gasteiger partial charge < -0.3 is 10.0 Å². The third-order valence-corrected chi connectivity index (χ3v) is 13.5. The Balaban J connectivity index is 1.88. The third kappa shape index (κ3) is 10.2. The quantitative estimate of drug-likeness (QED) is 0.0801. The van der Waals surface area contributed by atoms with Crippen LogP contribution in [0.25, 0.3) is 0 Å². The smallest absolute Gasteiger partial charge is 0.335 e. The van der Waals surface area contributed by atoms with Crippen molar-refractivity contribution in [3.63, 3.8) is 0 Å². The number of aromatic carboxylic acids is 1. The molecule has 24 heteroatoms. The molecule has 6 N–H and O–H groups in total. The minimum atomic E-state index is -5.13. The van der Waals surface area contributed by atoms with E-state index >= 15 is 0 Å². The van der Waals surface area contributed by atoms with Crippen LogP contribution >= 0.6 is 0 Å². The summed E-state index contributed by atoms with van der Waals surface area (Å²) in [6.07, 6.45) is 6.68. The first-order chi connectivity index (χ1) is 25.4. The van der Waals surface area contributed by atoms with E-state index in [9.17, 15) is 74.8 Å². The van der Waals surface area contributed by atoms with E-state index in [0.29, 0.717) is 11.8 Å². The number of carboxylic acids is 1. The summed E-state index contributed by atoms with van der Waals surface area (Å²) in [6, 6.07) is 5.38. The lowest BCUT2D eigenvalue weighted by molar-refractivity contribution is -0.437. The van der Waals surface area contributed by atoms with Crippen LogP contribution in [0.5, 0.6) is 0 Å². The fourth-order valence-electron chi connectivity index (χ4n) is 7.02. The van der Waals surface area contributed by atoms with Crippen LogP contribution in [0.1, 0.15) is 55.1 Å². The van der Waals surface area contributed by atoms with E-state index in [4.69, 9.17) is 0 Å². The molecule has 0 saturated carbocycles. The number of fused-ring (bicyclic) bond motifs is 2. The highest BCUT2D eigenvalue weighted by molar-refractivity contribution is 7.87. The van der Waals surface area contributed by atoms with Crippen molar-refractivity contribution >= 4 is 73.6 Å². The van der Waals surface area contributed by atoms with Gasteiger partial charge >= 0.3 is 5.97 Å². The Labute approximate surface area is 324 Å². The highest BCUT2D eigenvalue weighted by Gasteiger charge is 2.49. The number of benzene rings is 2. The topological polar surface area (TPSA) is 315 Å². The van der Waals surface area contributed by atoms with Crippen molar-refractivity contribution in [2.75, 3.05) is 35.2 Å². The zero-order chi connectivity index (χ0) is 42.4. The van der Waals surface area contributed by atoms with Crippen LogP contribution in [0.4, 0.5) is 11.4 Å². The number of anilines is 1. The summed E-state index contributed by atoms with van der Waals surface area (Å²) in [6.45, 7) is 4.12. The van der Waals surface area contributed by atoms with E-state index in [2.05, 4.69) is 0 Å². The molecular weight excluding hydrogens is 845 g/mol. The average molecular weight is 884 g/mol. The standard InChI is InChI=1S/C32H38N2O17S5/c1-31(2)27(34(14-8-16-53(40,41)42)25-18-22(55(46,47)48)19-26(29(25)31)56(49,50)51)9-5-4-6-10-28-32(3,20-54(43,44)45)23-17-21(30(35)36)11-12-24(23)33(28)13-7-15-52(37,38)39/h4-6,9-12,17-19H,7-8,13-16,20H2,1-3H3,(H5-,35,36,37,38,39,40,41,42,43,44,45,46,47,48,49,50,51)/p+1. The Bertz CT molecular complexity index is 2660. The van der Waals surface area contributed by atoms with Crippen molar-refractivity contribution < 1.29 is 79.3 Å². The molecule has 1 atom stereocenters. The van der Waals surface area contributed by atoms with Crippen molar-refractivity contribution in [2.45, 2.75) is 54.2 Å². The summed E-state index contributed by atoms with van der Waals surface area (Å²) in [5.74, 6) is -3.67. The first-order valence-corrected chi connectivity index (χ1v) is 23.9. The fraction of sp³-hybridized carbons (Fsp3) is 0.375. The Morgan fingerprint density at radius 2 is 1.38 bits per heavy atom. The average Bonchev–Trinajstić information content (AvgIpc) is 3.36. The lowest BCUT2D eigenvalue weighted by Crippen LogP contribution is -2.35. The van der Waals surface area contributed by atoms with Crippen LogP contribution < -0.4 is 4.90 Å². The van der Waals surface area contributed by atoms with Gasteiger partial charge in [-0.05, 0) is 63.1 Å². The summed E-state index contributed by atoms with van der Waals surface area (Å²) in [4.78, 5) is 11.6. The molecule has 1 unspecified atom stereocenters. The van der Waals surface area contributed by atoms with Gasteiger partial charge in [-0.3, -0.25) is 22.8 Å². The Hall–Kier alpha value is -3.85. The molecule has 4 rings (SSSR count). The lowest BCUT2D eigenvalue weighted by atomic mass is 9.81. The highest BCUT2D eigenvalue weighted by atomic mass is 32.2. The molecule has 0 radical (unpaired) electrons. The van der Waals surface area contributed by atoms with E-state index in [1.807, 2.05) is 0 Å². The SMILES string of the molecule is CC1(C)C(/C=C/C=C/C=C2/N(CCCS(=O)(=O)O)c3ccc(C(=O)O)cc3C2(C)CS(=O)(=O)O)=[N+](CCCS(=O)(=O)O)c2cc(S(=O)(=O)O)cc(S(=O)(=O)O)c21. The number of hydrogen-bond donors (Lipinski definition) is 6. The number of nitrogens with zero attached hydrogens (tertiary/aromatic N) is 2. The molecule has 56 heavy (non-hydrogen) atoms. The molecule has 0 fully saturated rings. The number of rotatable bonds is 16. The Morgan fingerprint density at radius 1 is 0.768 bits per heavy atom. The highest BCUT2D eigenvalue weighted by Crippen LogP contribution is 2.49. The first kappa shape index (κ1) is 44.9. The van der Waals surface area contributed by atoms with Crippen molar-refractivity contribution in [2.24, 2.45) is 0 Å². The number of carbonyl (C=O) groups is 1. The summed E-state index contributed by atoms with van der Waals surface area (Å²) in [5, 5.41) is 9.64. The van der Waals surface area contributed by atoms with Crippen molar-refractivity contribution in [1.82, 2.24) is 0 Å². The molecule has 308 valence electrons. The molecule has 0 aromatic heterocycles. The van der Waals surface area contributed by atoms with Crippen LogP contribution in [-0.2, 0) is 61.4 Å². The molecule has 2 aliphatic heterocycles. The van der Waals surface area contributed by atoms with Crippen molar-refractivity contribution in [3.8, 4) is 0 Å². The normalized spacial score (nSPS) is 19.7. The molecule has 0 spiro atoms. The van der Waals surface area contributed by atoms with Gasteiger partial charge in [0.05, 0.1) is 39.2 Å². The maximum absolute atomic E-state index is 12.5. The van der Waals surface area contributed by atoms with Gasteiger partial charge in [0.2, 0.25) is 5.69 Å². The van der Waals surface area contributed by atoms with Crippen LogP contribution in [0.15, 0.2) is 76.2 Å². The molecule has 2 aliphatic rings. The molecular formula is C32H39N2O17S5+. The van der Waals surface area contributed by atoms with E-state index in [-0.39, 0.29) is 59.7 Å². The molecule has 2 heterocycles. The van der Waals surface area contributed by atoms with Crippen LogP contribution in [-0.4, -0.2) is 117 Å². The van der Waals surface area contributed by atoms with Crippen molar-refractivity contribution in [1.29, 1.82) is 0 Å². The van der Waals surface area contributed by atoms with E-state index in [1.54, 1.807) is 0 Å². The summed E-state index contributed by atoms with van der Waals surface area (Å²) in [5.41, 5.74) is -2.50. The van der Waals surface area contributed by atoms with Gasteiger partial charge in [-0.2, -0.15) is 46.7 Å². The number of carboxylic acid groups (broad SMARTS) is 1. The van der Waals surface area contributed by atoms with Gasteiger partial charge in [0.1, 0.15) is 16.3 Å². The van der Waals surface area contributed by atoms with Gasteiger partial charge in [0, 0.05) is 36.5 Å². The summed E-state index contributed by atoms with van der Waals surface area (Å²) < 4.78 is 170. The van der Waals surface area contributed by atoms with Gasteiger partial charge in [-0.1, -0.05) is 18.2 Å². The summed E-state index contributed by atoms with van der Waals surface area (Å²) >= 11 is 0. The minimum Gasteiger partial charge on any atom is -0.478 e.